The number of ether oxygens (including phenoxy) is 1. The zero-order valence-corrected chi connectivity index (χ0v) is 10.5. The summed E-state index contributed by atoms with van der Waals surface area (Å²) in [4.78, 5) is 0. The summed E-state index contributed by atoms with van der Waals surface area (Å²) in [7, 11) is 1.79. The highest BCUT2D eigenvalue weighted by atomic mass is 16.5. The standard InChI is InChI=1S/C14H25NO/c1-3-4-6-11-13(15)14(16-2)12-9-7-5-8-10-12/h1,12-14H,4-11,15H2,2H3. The summed E-state index contributed by atoms with van der Waals surface area (Å²) in [5.74, 6) is 3.33. The molecule has 0 aromatic heterocycles. The Morgan fingerprint density at radius 2 is 2.06 bits per heavy atom. The fourth-order valence-electron chi connectivity index (χ4n) is 2.78. The summed E-state index contributed by atoms with van der Waals surface area (Å²) < 4.78 is 5.61. The van der Waals surface area contributed by atoms with Gasteiger partial charge in [0.1, 0.15) is 0 Å². The second kappa shape index (κ2) is 7.70. The maximum Gasteiger partial charge on any atom is 0.0750 e. The van der Waals surface area contributed by atoms with Crippen molar-refractivity contribution in [3.63, 3.8) is 0 Å². The summed E-state index contributed by atoms with van der Waals surface area (Å²) in [5.41, 5.74) is 6.21. The Hall–Kier alpha value is -0.520. The van der Waals surface area contributed by atoms with Crippen molar-refractivity contribution >= 4 is 0 Å². The van der Waals surface area contributed by atoms with Crippen molar-refractivity contribution in [2.75, 3.05) is 7.11 Å². The molecule has 2 unspecified atom stereocenters. The molecule has 2 heteroatoms. The maximum atomic E-state index is 6.21. The van der Waals surface area contributed by atoms with Crippen LogP contribution in [0.4, 0.5) is 0 Å². The molecule has 0 bridgehead atoms. The van der Waals surface area contributed by atoms with Crippen molar-refractivity contribution in [2.45, 2.75) is 63.5 Å². The zero-order valence-electron chi connectivity index (χ0n) is 10.5. The highest BCUT2D eigenvalue weighted by Gasteiger charge is 2.27. The average molecular weight is 223 g/mol. The van der Waals surface area contributed by atoms with Crippen molar-refractivity contribution < 1.29 is 4.74 Å². The number of unbranched alkanes of at least 4 members (excludes halogenated alkanes) is 1. The van der Waals surface area contributed by atoms with Gasteiger partial charge in [0.2, 0.25) is 0 Å². The van der Waals surface area contributed by atoms with E-state index in [2.05, 4.69) is 5.92 Å². The number of methoxy groups -OCH3 is 1. The minimum atomic E-state index is 0.154. The minimum Gasteiger partial charge on any atom is -0.380 e. The Kier molecular flexibility index (Phi) is 6.52. The van der Waals surface area contributed by atoms with E-state index in [4.69, 9.17) is 16.9 Å². The van der Waals surface area contributed by atoms with Crippen LogP contribution >= 0.6 is 0 Å². The lowest BCUT2D eigenvalue weighted by atomic mass is 9.82. The van der Waals surface area contributed by atoms with Crippen molar-refractivity contribution in [1.29, 1.82) is 0 Å². The lowest BCUT2D eigenvalue weighted by molar-refractivity contribution is 0.0156. The van der Waals surface area contributed by atoms with Gasteiger partial charge in [-0.15, -0.1) is 12.3 Å². The quantitative estimate of drug-likeness (QED) is 0.555. The van der Waals surface area contributed by atoms with Crippen LogP contribution in [0.25, 0.3) is 0 Å². The van der Waals surface area contributed by atoms with Gasteiger partial charge in [-0.05, 0) is 31.6 Å². The van der Waals surface area contributed by atoms with Gasteiger partial charge in [0, 0.05) is 19.6 Å². The van der Waals surface area contributed by atoms with Crippen LogP contribution in [-0.2, 0) is 4.74 Å². The normalized spacial score (nSPS) is 21.3. The molecule has 1 rings (SSSR count). The number of terminal acetylenes is 1. The molecule has 0 aromatic carbocycles. The van der Waals surface area contributed by atoms with Crippen molar-refractivity contribution in [3.05, 3.63) is 0 Å². The van der Waals surface area contributed by atoms with E-state index in [1.165, 1.54) is 32.1 Å². The number of hydrogen-bond donors (Lipinski definition) is 1. The van der Waals surface area contributed by atoms with Crippen LogP contribution in [0.5, 0.6) is 0 Å². The molecule has 0 radical (unpaired) electrons. The van der Waals surface area contributed by atoms with Crippen LogP contribution in [0, 0.1) is 18.3 Å². The third kappa shape index (κ3) is 4.15. The SMILES string of the molecule is C#CCCCC(N)C(OC)C1CCCCC1. The van der Waals surface area contributed by atoms with Crippen molar-refractivity contribution in [3.8, 4) is 12.3 Å². The first-order valence-corrected chi connectivity index (χ1v) is 6.51. The molecule has 2 N–H and O–H groups in total. The van der Waals surface area contributed by atoms with Gasteiger partial charge in [-0.1, -0.05) is 19.3 Å². The van der Waals surface area contributed by atoms with Crippen LogP contribution in [-0.4, -0.2) is 19.3 Å². The average Bonchev–Trinajstić information content (AvgIpc) is 2.32. The fraction of sp³-hybridized carbons (Fsp3) is 0.857. The van der Waals surface area contributed by atoms with Crippen LogP contribution in [0.15, 0.2) is 0 Å². The Morgan fingerprint density at radius 1 is 1.38 bits per heavy atom. The van der Waals surface area contributed by atoms with Crippen molar-refractivity contribution in [1.82, 2.24) is 0 Å². The Bertz CT molecular complexity index is 215. The lowest BCUT2D eigenvalue weighted by Gasteiger charge is -2.33. The predicted molar refractivity (Wildman–Crippen MR) is 68.0 cm³/mol. The van der Waals surface area contributed by atoms with Gasteiger partial charge >= 0.3 is 0 Å². The van der Waals surface area contributed by atoms with E-state index in [1.807, 2.05) is 0 Å². The largest absolute Gasteiger partial charge is 0.380 e. The molecule has 1 aliphatic carbocycles. The van der Waals surface area contributed by atoms with Gasteiger partial charge in [-0.3, -0.25) is 0 Å². The lowest BCUT2D eigenvalue weighted by Crippen LogP contribution is -2.42. The molecule has 0 spiro atoms. The first-order valence-electron chi connectivity index (χ1n) is 6.51. The third-order valence-corrected chi connectivity index (χ3v) is 3.67. The Morgan fingerprint density at radius 3 is 2.62 bits per heavy atom. The summed E-state index contributed by atoms with van der Waals surface area (Å²) >= 11 is 0. The molecule has 1 aliphatic rings. The molecular weight excluding hydrogens is 198 g/mol. The van der Waals surface area contributed by atoms with Gasteiger partial charge in [0.05, 0.1) is 6.10 Å². The van der Waals surface area contributed by atoms with E-state index >= 15 is 0 Å². The first kappa shape index (κ1) is 13.5. The molecule has 0 aliphatic heterocycles. The second-order valence-electron chi connectivity index (χ2n) is 4.86. The third-order valence-electron chi connectivity index (χ3n) is 3.67. The fourth-order valence-corrected chi connectivity index (χ4v) is 2.78. The minimum absolute atomic E-state index is 0.154. The maximum absolute atomic E-state index is 6.21. The zero-order chi connectivity index (χ0) is 11.8. The van der Waals surface area contributed by atoms with Crippen LogP contribution in [0.3, 0.4) is 0 Å². The van der Waals surface area contributed by atoms with E-state index in [-0.39, 0.29) is 12.1 Å². The molecule has 0 amide bonds. The van der Waals surface area contributed by atoms with E-state index in [1.54, 1.807) is 7.11 Å². The Balaban J connectivity index is 2.36. The van der Waals surface area contributed by atoms with E-state index in [9.17, 15) is 0 Å². The second-order valence-corrected chi connectivity index (χ2v) is 4.86. The molecule has 1 saturated carbocycles. The summed E-state index contributed by atoms with van der Waals surface area (Å²) in [6.45, 7) is 0. The molecule has 92 valence electrons. The van der Waals surface area contributed by atoms with Gasteiger partial charge in [0.25, 0.3) is 0 Å². The number of rotatable bonds is 6. The Labute approximate surface area is 99.9 Å². The summed E-state index contributed by atoms with van der Waals surface area (Å²) in [6.07, 6.45) is 14.9. The van der Waals surface area contributed by atoms with E-state index < -0.39 is 0 Å². The van der Waals surface area contributed by atoms with E-state index in [0.717, 1.165) is 19.3 Å². The van der Waals surface area contributed by atoms with Gasteiger partial charge < -0.3 is 10.5 Å². The highest BCUT2D eigenvalue weighted by molar-refractivity contribution is 4.86. The van der Waals surface area contributed by atoms with Crippen LogP contribution in [0.2, 0.25) is 0 Å². The molecule has 2 nitrogen and oxygen atoms in total. The number of nitrogens with two attached hydrogens (primary N) is 1. The van der Waals surface area contributed by atoms with Crippen molar-refractivity contribution in [2.24, 2.45) is 11.7 Å². The molecule has 2 atom stereocenters. The molecule has 1 fully saturated rings. The van der Waals surface area contributed by atoms with Crippen LogP contribution in [0.1, 0.15) is 51.4 Å². The monoisotopic (exact) mass is 223 g/mol. The molecule has 16 heavy (non-hydrogen) atoms. The smallest absolute Gasteiger partial charge is 0.0750 e. The molecule has 0 heterocycles. The topological polar surface area (TPSA) is 35.2 Å². The number of hydrogen-bond acceptors (Lipinski definition) is 2. The molecule has 0 saturated heterocycles. The summed E-state index contributed by atoms with van der Waals surface area (Å²) in [6, 6.07) is 0.154. The summed E-state index contributed by atoms with van der Waals surface area (Å²) in [5, 5.41) is 0. The molecular formula is C14H25NO. The first-order chi connectivity index (χ1) is 7.79. The van der Waals surface area contributed by atoms with Gasteiger partial charge in [-0.25, -0.2) is 0 Å². The molecule has 0 aromatic rings. The van der Waals surface area contributed by atoms with E-state index in [0.29, 0.717) is 5.92 Å². The van der Waals surface area contributed by atoms with Crippen LogP contribution < -0.4 is 5.73 Å². The highest BCUT2D eigenvalue weighted by Crippen LogP contribution is 2.29. The van der Waals surface area contributed by atoms with Gasteiger partial charge in [0.15, 0.2) is 0 Å². The van der Waals surface area contributed by atoms with Gasteiger partial charge in [-0.2, -0.15) is 0 Å². The predicted octanol–water partition coefficient (Wildman–Crippen LogP) is 2.71.